The molecule has 4 heteroatoms. The van der Waals surface area contributed by atoms with Crippen LogP contribution in [-0.4, -0.2) is 43.3 Å². The molecule has 1 N–H and O–H groups in total. The van der Waals surface area contributed by atoms with Gasteiger partial charge in [-0.15, -0.1) is 0 Å². The van der Waals surface area contributed by atoms with Crippen molar-refractivity contribution in [1.82, 2.24) is 10.2 Å². The Kier molecular flexibility index (Phi) is 1.81. The molecule has 12 heavy (non-hydrogen) atoms. The molecule has 0 saturated carbocycles. The van der Waals surface area contributed by atoms with Gasteiger partial charge in [0, 0.05) is 7.05 Å². The van der Waals surface area contributed by atoms with Crippen LogP contribution in [0, 0.1) is 5.92 Å². The smallest absolute Gasteiger partial charge is 0.242 e. The number of rotatable bonds is 2. The Labute approximate surface area is 71.9 Å². The first-order valence-electron chi connectivity index (χ1n) is 4.37. The molecule has 0 aliphatic carbocycles. The molecule has 2 saturated heterocycles. The van der Waals surface area contributed by atoms with Crippen LogP contribution in [0.2, 0.25) is 0 Å². The maximum absolute atomic E-state index is 11.5. The molecule has 3 atom stereocenters. The third-order valence-electron chi connectivity index (χ3n) is 2.67. The first kappa shape index (κ1) is 8.01. The van der Waals surface area contributed by atoms with E-state index in [1.807, 2.05) is 6.92 Å². The van der Waals surface area contributed by atoms with Crippen molar-refractivity contribution in [3.8, 4) is 0 Å². The molecule has 0 radical (unpaired) electrons. The summed E-state index contributed by atoms with van der Waals surface area (Å²) in [4.78, 5) is 13.2. The zero-order valence-corrected chi connectivity index (χ0v) is 7.41. The molecule has 0 bridgehead atoms. The van der Waals surface area contributed by atoms with E-state index in [4.69, 9.17) is 4.74 Å². The monoisotopic (exact) mass is 170 g/mol. The van der Waals surface area contributed by atoms with Gasteiger partial charge in [0.05, 0.1) is 18.6 Å². The summed E-state index contributed by atoms with van der Waals surface area (Å²) < 4.78 is 5.28. The Morgan fingerprint density at radius 1 is 1.75 bits per heavy atom. The molecular weight excluding hydrogens is 156 g/mol. The van der Waals surface area contributed by atoms with E-state index in [1.54, 1.807) is 11.9 Å². The van der Waals surface area contributed by atoms with Crippen LogP contribution in [0.15, 0.2) is 0 Å². The van der Waals surface area contributed by atoms with Gasteiger partial charge in [-0.05, 0) is 6.54 Å². The summed E-state index contributed by atoms with van der Waals surface area (Å²) in [6.07, 6.45) is 0.0431. The quantitative estimate of drug-likeness (QED) is 0.602. The lowest BCUT2D eigenvalue weighted by molar-refractivity contribution is -0.162. The summed E-state index contributed by atoms with van der Waals surface area (Å²) in [7, 11) is 1.80. The van der Waals surface area contributed by atoms with Gasteiger partial charge < -0.3 is 15.0 Å². The summed E-state index contributed by atoms with van der Waals surface area (Å²) in [6.45, 7) is 3.58. The van der Waals surface area contributed by atoms with E-state index in [1.165, 1.54) is 0 Å². The van der Waals surface area contributed by atoms with E-state index in [9.17, 15) is 4.79 Å². The van der Waals surface area contributed by atoms with Crippen molar-refractivity contribution in [1.29, 1.82) is 0 Å². The number of likely N-dealkylation sites (tertiary alicyclic amines) is 1. The van der Waals surface area contributed by atoms with Gasteiger partial charge in [-0.25, -0.2) is 0 Å². The van der Waals surface area contributed by atoms with Crippen LogP contribution in [0.5, 0.6) is 0 Å². The summed E-state index contributed by atoms with van der Waals surface area (Å²) in [5.74, 6) is 0.548. The zero-order chi connectivity index (χ0) is 8.72. The summed E-state index contributed by atoms with van der Waals surface area (Å²) >= 11 is 0. The van der Waals surface area contributed by atoms with E-state index >= 15 is 0 Å². The fourth-order valence-corrected chi connectivity index (χ4v) is 1.94. The van der Waals surface area contributed by atoms with Gasteiger partial charge in [0.1, 0.15) is 6.23 Å². The van der Waals surface area contributed by atoms with Crippen LogP contribution < -0.4 is 5.32 Å². The molecule has 4 nitrogen and oxygen atoms in total. The van der Waals surface area contributed by atoms with Crippen LogP contribution in [0.1, 0.15) is 6.92 Å². The van der Waals surface area contributed by atoms with Crippen LogP contribution in [0.3, 0.4) is 0 Å². The molecule has 0 aromatic rings. The lowest BCUT2D eigenvalue weighted by Gasteiger charge is -2.35. The average molecular weight is 170 g/mol. The topological polar surface area (TPSA) is 41.6 Å². The minimum atomic E-state index is -0.00116. The maximum Gasteiger partial charge on any atom is 0.242 e. The largest absolute Gasteiger partial charge is 0.357 e. The Morgan fingerprint density at radius 3 is 2.92 bits per heavy atom. The second kappa shape index (κ2) is 2.71. The Hall–Kier alpha value is -0.610. The number of carbonyl (C=O) groups is 1. The first-order valence-corrected chi connectivity index (χ1v) is 4.37. The zero-order valence-electron chi connectivity index (χ0n) is 7.41. The Morgan fingerprint density at radius 2 is 2.50 bits per heavy atom. The van der Waals surface area contributed by atoms with Crippen molar-refractivity contribution < 1.29 is 9.53 Å². The molecule has 2 rings (SSSR count). The van der Waals surface area contributed by atoms with E-state index in [-0.39, 0.29) is 18.2 Å². The molecule has 0 spiro atoms. The van der Waals surface area contributed by atoms with Crippen molar-refractivity contribution in [3.63, 3.8) is 0 Å². The normalized spacial score (nSPS) is 39.7. The Bertz CT molecular complexity index is 207. The standard InChI is InChI=1S/C8H14N2O2/c1-3-9-6-5-4-12-8(5)10(2)7(6)11/h5-6,8-9H,3-4H2,1-2H3. The molecule has 2 aliphatic heterocycles. The lowest BCUT2D eigenvalue weighted by Crippen LogP contribution is -2.48. The lowest BCUT2D eigenvalue weighted by atomic mass is 9.99. The number of fused-ring (bicyclic) bond motifs is 1. The van der Waals surface area contributed by atoms with Gasteiger partial charge in [-0.2, -0.15) is 0 Å². The van der Waals surface area contributed by atoms with Crippen LogP contribution in [0.4, 0.5) is 0 Å². The van der Waals surface area contributed by atoms with Crippen LogP contribution in [-0.2, 0) is 9.53 Å². The second-order valence-electron chi connectivity index (χ2n) is 3.37. The molecule has 1 amide bonds. The van der Waals surface area contributed by atoms with Gasteiger partial charge in [0.15, 0.2) is 0 Å². The average Bonchev–Trinajstić information content (AvgIpc) is 2.12. The molecule has 0 aromatic heterocycles. The molecule has 0 aromatic carbocycles. The number of nitrogens with zero attached hydrogens (tertiary/aromatic N) is 1. The van der Waals surface area contributed by atoms with Crippen molar-refractivity contribution in [2.45, 2.75) is 19.2 Å². The third kappa shape index (κ3) is 0.881. The van der Waals surface area contributed by atoms with E-state index in [0.29, 0.717) is 5.92 Å². The number of carbonyl (C=O) groups excluding carboxylic acids is 1. The first-order chi connectivity index (χ1) is 5.75. The van der Waals surface area contributed by atoms with Gasteiger partial charge in [-0.3, -0.25) is 4.79 Å². The van der Waals surface area contributed by atoms with Crippen molar-refractivity contribution in [2.75, 3.05) is 20.2 Å². The van der Waals surface area contributed by atoms with Crippen molar-refractivity contribution in [2.24, 2.45) is 5.92 Å². The number of likely N-dealkylation sites (N-methyl/N-ethyl adjacent to an activating group) is 2. The minimum Gasteiger partial charge on any atom is -0.357 e. The summed E-state index contributed by atoms with van der Waals surface area (Å²) in [5.41, 5.74) is 0. The van der Waals surface area contributed by atoms with E-state index in [2.05, 4.69) is 5.32 Å². The summed E-state index contributed by atoms with van der Waals surface area (Å²) in [6, 6.07) is -0.00116. The molecule has 2 fully saturated rings. The minimum absolute atomic E-state index is 0.00116. The fraction of sp³-hybridized carbons (Fsp3) is 0.875. The SMILES string of the molecule is CCNC1C(=O)N(C)C2OCC12. The number of hydrogen-bond acceptors (Lipinski definition) is 3. The highest BCUT2D eigenvalue weighted by molar-refractivity contribution is 5.85. The fourth-order valence-electron chi connectivity index (χ4n) is 1.94. The Balaban J connectivity index is 2.09. The third-order valence-corrected chi connectivity index (χ3v) is 2.67. The number of nitrogens with one attached hydrogen (secondary N) is 1. The predicted molar refractivity (Wildman–Crippen MR) is 43.5 cm³/mol. The molecule has 68 valence electrons. The predicted octanol–water partition coefficient (Wildman–Crippen LogP) is -0.591. The van der Waals surface area contributed by atoms with Gasteiger partial charge >= 0.3 is 0 Å². The highest BCUT2D eigenvalue weighted by Crippen LogP contribution is 2.33. The molecule has 2 heterocycles. The van der Waals surface area contributed by atoms with Crippen LogP contribution >= 0.6 is 0 Å². The van der Waals surface area contributed by atoms with Gasteiger partial charge in [-0.1, -0.05) is 6.92 Å². The van der Waals surface area contributed by atoms with E-state index < -0.39 is 0 Å². The van der Waals surface area contributed by atoms with Crippen LogP contribution in [0.25, 0.3) is 0 Å². The van der Waals surface area contributed by atoms with Crippen molar-refractivity contribution in [3.05, 3.63) is 0 Å². The van der Waals surface area contributed by atoms with Gasteiger partial charge in [0.2, 0.25) is 5.91 Å². The number of amides is 1. The highest BCUT2D eigenvalue weighted by Gasteiger charge is 2.52. The number of hydrogen-bond donors (Lipinski definition) is 1. The maximum atomic E-state index is 11.5. The van der Waals surface area contributed by atoms with Crippen molar-refractivity contribution >= 4 is 5.91 Å². The summed E-state index contributed by atoms with van der Waals surface area (Å²) in [5, 5.41) is 3.18. The molecule has 2 aliphatic rings. The molecule has 3 unspecified atom stereocenters. The van der Waals surface area contributed by atoms with E-state index in [0.717, 1.165) is 13.2 Å². The second-order valence-corrected chi connectivity index (χ2v) is 3.37. The van der Waals surface area contributed by atoms with Gasteiger partial charge in [0.25, 0.3) is 0 Å². The highest BCUT2D eigenvalue weighted by atomic mass is 16.5. The molecular formula is C8H14N2O2. The number of ether oxygens (including phenoxy) is 1.